The maximum atomic E-state index is 12.3. The second-order valence-electron chi connectivity index (χ2n) is 6.28. The summed E-state index contributed by atoms with van der Waals surface area (Å²) in [5.74, 6) is -0.156. The van der Waals surface area contributed by atoms with Gasteiger partial charge in [-0.15, -0.1) is 0 Å². The summed E-state index contributed by atoms with van der Waals surface area (Å²) >= 11 is 0. The lowest BCUT2D eigenvalue weighted by atomic mass is 9.77. The van der Waals surface area contributed by atoms with Gasteiger partial charge >= 0.3 is 0 Å². The Kier molecular flexibility index (Phi) is 6.36. The minimum absolute atomic E-state index is 0.0764. The van der Waals surface area contributed by atoms with Crippen LogP contribution in [0.15, 0.2) is 91.0 Å². The third kappa shape index (κ3) is 4.25. The molecule has 1 amide bonds. The maximum Gasteiger partial charge on any atom is 0.234 e. The second kappa shape index (κ2) is 9.12. The Hall–Kier alpha value is -2.95. The van der Waals surface area contributed by atoms with Gasteiger partial charge in [0.05, 0.1) is 18.7 Å². The molecule has 0 aliphatic heterocycles. The molecule has 3 aromatic rings. The van der Waals surface area contributed by atoms with E-state index < -0.39 is 5.54 Å². The van der Waals surface area contributed by atoms with E-state index in [9.17, 15) is 4.79 Å². The molecule has 3 aromatic carbocycles. The Morgan fingerprint density at radius 2 is 1.15 bits per heavy atom. The number of aliphatic hydroxyl groups excluding tert-OH is 1. The van der Waals surface area contributed by atoms with Crippen molar-refractivity contribution < 1.29 is 9.90 Å². The highest BCUT2D eigenvalue weighted by molar-refractivity contribution is 5.78. The average Bonchev–Trinajstić information content (AvgIpc) is 2.75. The van der Waals surface area contributed by atoms with Crippen LogP contribution in [0.2, 0.25) is 0 Å². The van der Waals surface area contributed by atoms with Crippen molar-refractivity contribution >= 4 is 5.91 Å². The zero-order chi connectivity index (χ0) is 19.0. The van der Waals surface area contributed by atoms with Crippen molar-refractivity contribution in [3.63, 3.8) is 0 Å². The third-order valence-electron chi connectivity index (χ3n) is 4.57. The normalized spacial score (nSPS) is 11.1. The van der Waals surface area contributed by atoms with Crippen LogP contribution in [0.5, 0.6) is 0 Å². The number of amides is 1. The number of rotatable bonds is 8. The van der Waals surface area contributed by atoms with Crippen LogP contribution in [0.25, 0.3) is 0 Å². The van der Waals surface area contributed by atoms with Gasteiger partial charge in [-0.25, -0.2) is 0 Å². The van der Waals surface area contributed by atoms with Crippen LogP contribution in [0, 0.1) is 0 Å². The lowest BCUT2D eigenvalue weighted by Gasteiger charge is -2.37. The molecule has 138 valence electrons. The van der Waals surface area contributed by atoms with Gasteiger partial charge < -0.3 is 10.4 Å². The van der Waals surface area contributed by atoms with Gasteiger partial charge in [0.15, 0.2) is 0 Å². The predicted molar refractivity (Wildman–Crippen MR) is 107 cm³/mol. The minimum atomic E-state index is -0.666. The van der Waals surface area contributed by atoms with Crippen LogP contribution in [0.4, 0.5) is 0 Å². The fraction of sp³-hybridized carbons (Fsp3) is 0.174. The molecule has 0 aliphatic rings. The first-order chi connectivity index (χ1) is 13.3. The summed E-state index contributed by atoms with van der Waals surface area (Å²) in [5.41, 5.74) is 2.49. The van der Waals surface area contributed by atoms with E-state index in [4.69, 9.17) is 5.11 Å². The van der Waals surface area contributed by atoms with E-state index in [1.165, 1.54) is 0 Å². The van der Waals surface area contributed by atoms with Crippen LogP contribution in [-0.4, -0.2) is 30.7 Å². The zero-order valence-electron chi connectivity index (χ0n) is 15.1. The van der Waals surface area contributed by atoms with Crippen molar-refractivity contribution in [3.8, 4) is 0 Å². The molecule has 4 nitrogen and oxygen atoms in total. The second-order valence-corrected chi connectivity index (χ2v) is 6.28. The maximum absolute atomic E-state index is 12.3. The number of carbonyl (C=O) groups is 1. The zero-order valence-corrected chi connectivity index (χ0v) is 15.1. The van der Waals surface area contributed by atoms with Crippen molar-refractivity contribution in [3.05, 3.63) is 108 Å². The van der Waals surface area contributed by atoms with Crippen LogP contribution in [0.1, 0.15) is 16.7 Å². The lowest BCUT2D eigenvalue weighted by Crippen LogP contribution is -2.49. The SMILES string of the molecule is O=C(CNC(c1ccccc1)(c1ccccc1)c1ccccc1)NCCO. The van der Waals surface area contributed by atoms with E-state index in [0.29, 0.717) is 0 Å². The fourth-order valence-corrected chi connectivity index (χ4v) is 3.34. The summed E-state index contributed by atoms with van der Waals surface area (Å²) in [5, 5.41) is 15.1. The molecule has 0 saturated heterocycles. The largest absolute Gasteiger partial charge is 0.395 e. The summed E-state index contributed by atoms with van der Waals surface area (Å²) in [7, 11) is 0. The number of nitrogens with one attached hydrogen (secondary N) is 2. The van der Waals surface area contributed by atoms with Gasteiger partial charge in [-0.2, -0.15) is 0 Å². The molecule has 0 fully saturated rings. The molecule has 0 spiro atoms. The third-order valence-corrected chi connectivity index (χ3v) is 4.57. The van der Waals surface area contributed by atoms with Crippen molar-refractivity contribution in [2.75, 3.05) is 19.7 Å². The predicted octanol–water partition coefficient (Wildman–Crippen LogP) is 2.68. The molecule has 4 heteroatoms. The molecule has 0 heterocycles. The van der Waals surface area contributed by atoms with Crippen LogP contribution in [-0.2, 0) is 10.3 Å². The molecule has 0 aromatic heterocycles. The summed E-state index contributed by atoms with van der Waals surface area (Å²) in [6.45, 7) is 0.293. The number of hydrogen-bond donors (Lipinski definition) is 3. The van der Waals surface area contributed by atoms with Gasteiger partial charge in [-0.3, -0.25) is 10.1 Å². The highest BCUT2D eigenvalue weighted by atomic mass is 16.3. The molecule has 27 heavy (non-hydrogen) atoms. The van der Waals surface area contributed by atoms with Gasteiger partial charge in [-0.05, 0) is 16.7 Å². The molecule has 3 rings (SSSR count). The van der Waals surface area contributed by atoms with E-state index in [0.717, 1.165) is 16.7 Å². The molecule has 0 bridgehead atoms. The molecular formula is C23H24N2O2. The monoisotopic (exact) mass is 360 g/mol. The van der Waals surface area contributed by atoms with Crippen LogP contribution in [0.3, 0.4) is 0 Å². The Morgan fingerprint density at radius 3 is 1.52 bits per heavy atom. The highest BCUT2D eigenvalue weighted by Crippen LogP contribution is 2.36. The number of benzene rings is 3. The Morgan fingerprint density at radius 1 is 0.741 bits per heavy atom. The van der Waals surface area contributed by atoms with Gasteiger partial charge in [-0.1, -0.05) is 91.0 Å². The first kappa shape index (κ1) is 18.8. The van der Waals surface area contributed by atoms with Gasteiger partial charge in [0.1, 0.15) is 0 Å². The van der Waals surface area contributed by atoms with E-state index in [1.807, 2.05) is 54.6 Å². The lowest BCUT2D eigenvalue weighted by molar-refractivity contribution is -0.120. The summed E-state index contributed by atoms with van der Waals surface area (Å²) in [6, 6.07) is 30.4. The number of carbonyl (C=O) groups excluding carboxylic acids is 1. The quantitative estimate of drug-likeness (QED) is 0.541. The molecule has 0 radical (unpaired) electrons. The van der Waals surface area contributed by atoms with E-state index in [1.54, 1.807) is 0 Å². The standard InChI is InChI=1S/C23H24N2O2/c26-17-16-24-22(27)18-25-23(19-10-4-1-5-11-19,20-12-6-2-7-13-20)21-14-8-3-9-15-21/h1-15,25-26H,16-18H2,(H,24,27). The topological polar surface area (TPSA) is 61.4 Å². The van der Waals surface area contributed by atoms with E-state index in [-0.39, 0.29) is 25.6 Å². The number of aliphatic hydroxyl groups is 1. The Labute approximate surface area is 159 Å². The van der Waals surface area contributed by atoms with Crippen LogP contribution < -0.4 is 10.6 Å². The minimum Gasteiger partial charge on any atom is -0.395 e. The first-order valence-electron chi connectivity index (χ1n) is 9.06. The average molecular weight is 360 g/mol. The summed E-state index contributed by atoms with van der Waals surface area (Å²) < 4.78 is 0. The Bertz CT molecular complexity index is 739. The summed E-state index contributed by atoms with van der Waals surface area (Å²) in [6.07, 6.45) is 0. The van der Waals surface area contributed by atoms with Crippen molar-refractivity contribution in [2.45, 2.75) is 5.54 Å². The molecule has 0 atom stereocenters. The molecule has 0 saturated carbocycles. The summed E-state index contributed by atoms with van der Waals surface area (Å²) in [4.78, 5) is 12.3. The molecule has 3 N–H and O–H groups in total. The van der Waals surface area contributed by atoms with Crippen LogP contribution >= 0.6 is 0 Å². The van der Waals surface area contributed by atoms with Gasteiger partial charge in [0.2, 0.25) is 5.91 Å². The van der Waals surface area contributed by atoms with E-state index >= 15 is 0 Å². The molecular weight excluding hydrogens is 336 g/mol. The van der Waals surface area contributed by atoms with Crippen molar-refractivity contribution in [1.82, 2.24) is 10.6 Å². The van der Waals surface area contributed by atoms with Crippen molar-refractivity contribution in [2.24, 2.45) is 0 Å². The first-order valence-corrected chi connectivity index (χ1v) is 9.06. The van der Waals surface area contributed by atoms with Gasteiger partial charge in [0, 0.05) is 6.54 Å². The number of hydrogen-bond acceptors (Lipinski definition) is 3. The molecule has 0 unspecified atom stereocenters. The molecule has 0 aliphatic carbocycles. The Balaban J connectivity index is 2.10. The smallest absolute Gasteiger partial charge is 0.234 e. The fourth-order valence-electron chi connectivity index (χ4n) is 3.34. The van der Waals surface area contributed by atoms with Gasteiger partial charge in [0.25, 0.3) is 0 Å². The van der Waals surface area contributed by atoms with Crippen molar-refractivity contribution in [1.29, 1.82) is 0 Å². The van der Waals surface area contributed by atoms with E-state index in [2.05, 4.69) is 47.0 Å². The highest BCUT2D eigenvalue weighted by Gasteiger charge is 2.36.